The van der Waals surface area contributed by atoms with Crippen LogP contribution in [0.1, 0.15) is 70.6 Å². The van der Waals surface area contributed by atoms with Gasteiger partial charge in [0.2, 0.25) is 0 Å². The first-order valence-electron chi connectivity index (χ1n) is 12.9. The zero-order valence-electron chi connectivity index (χ0n) is 19.7. The third kappa shape index (κ3) is 6.25. The van der Waals surface area contributed by atoms with Gasteiger partial charge in [0.15, 0.2) is 5.96 Å². The Morgan fingerprint density at radius 1 is 1.06 bits per heavy atom. The second kappa shape index (κ2) is 11.1. The Hall–Kier alpha value is -1.71. The lowest BCUT2D eigenvalue weighted by atomic mass is 9.89. The summed E-state index contributed by atoms with van der Waals surface area (Å²) < 4.78 is 6.26. The van der Waals surface area contributed by atoms with Gasteiger partial charge in [-0.1, -0.05) is 12.8 Å². The molecule has 3 unspecified atom stereocenters. The number of fused-ring (bicyclic) bond motifs is 2. The smallest absolute Gasteiger partial charge is 0.305 e. The summed E-state index contributed by atoms with van der Waals surface area (Å²) in [6.07, 6.45) is 12.3. The number of carbonyl (C=O) groups is 2. The van der Waals surface area contributed by atoms with E-state index in [-0.39, 0.29) is 12.1 Å². The fourth-order valence-electron chi connectivity index (χ4n) is 6.55. The molecular formula is C24H41N5O4. The first-order chi connectivity index (χ1) is 15.9. The number of aliphatic carboxylic acids is 1. The van der Waals surface area contributed by atoms with Gasteiger partial charge in [-0.2, -0.15) is 4.99 Å². The summed E-state index contributed by atoms with van der Waals surface area (Å²) in [5.41, 5.74) is 11.5. The minimum Gasteiger partial charge on any atom is -0.481 e. The molecule has 0 aromatic rings. The van der Waals surface area contributed by atoms with Gasteiger partial charge in [0.05, 0.1) is 18.6 Å². The predicted octanol–water partition coefficient (Wildman–Crippen LogP) is 1.54. The van der Waals surface area contributed by atoms with Crippen LogP contribution in [0.4, 0.5) is 0 Å². The number of likely N-dealkylation sites (tertiary alicyclic amines) is 2. The van der Waals surface area contributed by atoms with Crippen LogP contribution in [0.25, 0.3) is 0 Å². The van der Waals surface area contributed by atoms with Crippen LogP contribution >= 0.6 is 0 Å². The van der Waals surface area contributed by atoms with Crippen molar-refractivity contribution in [1.82, 2.24) is 9.80 Å². The first-order valence-corrected chi connectivity index (χ1v) is 12.9. The van der Waals surface area contributed by atoms with Crippen molar-refractivity contribution in [3.63, 3.8) is 0 Å². The maximum atomic E-state index is 11.9. The molecule has 5 N–H and O–H groups in total. The molecule has 5 atom stereocenters. The van der Waals surface area contributed by atoms with E-state index in [0.29, 0.717) is 19.1 Å². The number of hydrogen-bond donors (Lipinski definition) is 3. The van der Waals surface area contributed by atoms with E-state index >= 15 is 0 Å². The number of carboxylic acid groups (broad SMARTS) is 1. The van der Waals surface area contributed by atoms with E-state index in [4.69, 9.17) is 21.3 Å². The van der Waals surface area contributed by atoms with E-state index in [1.165, 1.54) is 51.5 Å². The van der Waals surface area contributed by atoms with Crippen molar-refractivity contribution < 1.29 is 19.4 Å². The third-order valence-electron chi connectivity index (χ3n) is 8.31. The minimum absolute atomic E-state index is 0.114. The number of carbonyl (C=O) groups excluding carboxylic acids is 1. The Bertz CT molecular complexity index is 724. The lowest BCUT2D eigenvalue weighted by Crippen LogP contribution is -2.49. The second-order valence-electron chi connectivity index (χ2n) is 10.5. The SMILES string of the molecule is NC(=NC(=O)C(N)CC(=O)O)N1CCC(OCC[C@@H]2CCCCN2[C@H]2CC3CCC2C3)CC1. The number of aliphatic imine (C=N–C) groups is 1. The average molecular weight is 464 g/mol. The van der Waals surface area contributed by atoms with Crippen molar-refractivity contribution in [2.75, 3.05) is 26.2 Å². The van der Waals surface area contributed by atoms with Crippen LogP contribution in [-0.2, 0) is 14.3 Å². The topological polar surface area (TPSA) is 134 Å². The van der Waals surface area contributed by atoms with E-state index in [1.54, 1.807) is 0 Å². The monoisotopic (exact) mass is 463 g/mol. The fraction of sp³-hybridized carbons (Fsp3) is 0.875. The largest absolute Gasteiger partial charge is 0.481 e. The quantitative estimate of drug-likeness (QED) is 0.364. The molecule has 33 heavy (non-hydrogen) atoms. The summed E-state index contributed by atoms with van der Waals surface area (Å²) in [5, 5.41) is 8.75. The molecule has 0 aromatic heterocycles. The normalized spacial score (nSPS) is 32.3. The molecule has 9 heteroatoms. The summed E-state index contributed by atoms with van der Waals surface area (Å²) in [4.78, 5) is 31.2. The van der Waals surface area contributed by atoms with Crippen LogP contribution in [0.5, 0.6) is 0 Å². The summed E-state index contributed by atoms with van der Waals surface area (Å²) in [7, 11) is 0. The van der Waals surface area contributed by atoms with E-state index in [9.17, 15) is 9.59 Å². The van der Waals surface area contributed by atoms with Crippen molar-refractivity contribution in [1.29, 1.82) is 0 Å². The molecular weight excluding hydrogens is 422 g/mol. The first kappa shape index (κ1) is 24.4. The Labute approximate surface area is 196 Å². The van der Waals surface area contributed by atoms with Crippen LogP contribution in [0.2, 0.25) is 0 Å². The number of rotatable bonds is 8. The Morgan fingerprint density at radius 2 is 1.85 bits per heavy atom. The number of piperidine rings is 2. The second-order valence-corrected chi connectivity index (χ2v) is 10.5. The van der Waals surface area contributed by atoms with Crippen molar-refractivity contribution in [2.24, 2.45) is 28.3 Å². The van der Waals surface area contributed by atoms with Gasteiger partial charge in [0.25, 0.3) is 5.91 Å². The van der Waals surface area contributed by atoms with Gasteiger partial charge in [-0.3, -0.25) is 14.5 Å². The highest BCUT2D eigenvalue weighted by Crippen LogP contribution is 2.48. The zero-order chi connectivity index (χ0) is 23.4. The van der Waals surface area contributed by atoms with Gasteiger partial charge in [0.1, 0.15) is 0 Å². The van der Waals surface area contributed by atoms with Gasteiger partial charge in [-0.15, -0.1) is 0 Å². The molecule has 2 aliphatic carbocycles. The van der Waals surface area contributed by atoms with Gasteiger partial charge in [-0.25, -0.2) is 0 Å². The number of amides is 1. The maximum Gasteiger partial charge on any atom is 0.305 e. The molecule has 2 saturated heterocycles. The highest BCUT2D eigenvalue weighted by Gasteiger charge is 2.44. The van der Waals surface area contributed by atoms with Crippen LogP contribution in [0.3, 0.4) is 0 Å². The fourth-order valence-corrected chi connectivity index (χ4v) is 6.55. The van der Waals surface area contributed by atoms with Gasteiger partial charge < -0.3 is 26.2 Å². The number of nitrogens with zero attached hydrogens (tertiary/aromatic N) is 3. The highest BCUT2D eigenvalue weighted by molar-refractivity contribution is 5.96. The number of hydrogen-bond acceptors (Lipinski definition) is 5. The molecule has 2 heterocycles. The molecule has 2 aliphatic heterocycles. The van der Waals surface area contributed by atoms with Crippen molar-refractivity contribution >= 4 is 17.8 Å². The van der Waals surface area contributed by atoms with Crippen LogP contribution in [-0.4, -0.2) is 83.2 Å². The number of nitrogens with two attached hydrogens (primary N) is 2. The van der Waals surface area contributed by atoms with Gasteiger partial charge >= 0.3 is 5.97 Å². The molecule has 9 nitrogen and oxygen atoms in total. The standard InChI is InChI=1S/C24H41N5O4/c25-20(15-22(30)31)23(32)27-24(26)28-10-6-19(7-11-28)33-12-8-18-3-1-2-9-29(18)21-14-16-4-5-17(21)13-16/h16-21H,1-15,25H2,(H,30,31)(H2,26,27,32)/t16?,17?,18-,20?,21-/m0/s1. The number of ether oxygens (including phenoxy) is 1. The molecule has 4 aliphatic rings. The Morgan fingerprint density at radius 3 is 2.52 bits per heavy atom. The summed E-state index contributed by atoms with van der Waals surface area (Å²) in [5.74, 6) is 0.222. The minimum atomic E-state index is -1.17. The predicted molar refractivity (Wildman–Crippen MR) is 126 cm³/mol. The number of guanidine groups is 1. The molecule has 186 valence electrons. The summed E-state index contributed by atoms with van der Waals surface area (Å²) in [6, 6.07) is 0.332. The van der Waals surface area contributed by atoms with Crippen molar-refractivity contribution in [3.8, 4) is 0 Å². The van der Waals surface area contributed by atoms with E-state index in [2.05, 4.69) is 9.89 Å². The Balaban J connectivity index is 1.17. The van der Waals surface area contributed by atoms with E-state index in [1.807, 2.05) is 4.90 Å². The van der Waals surface area contributed by atoms with Crippen LogP contribution in [0.15, 0.2) is 4.99 Å². The lowest BCUT2D eigenvalue weighted by Gasteiger charge is -2.43. The zero-order valence-corrected chi connectivity index (χ0v) is 19.7. The molecule has 0 spiro atoms. The lowest BCUT2D eigenvalue weighted by molar-refractivity contribution is -0.139. The molecule has 4 rings (SSSR count). The van der Waals surface area contributed by atoms with E-state index in [0.717, 1.165) is 43.7 Å². The average Bonchev–Trinajstić information content (AvgIpc) is 3.43. The molecule has 4 fully saturated rings. The molecule has 1 amide bonds. The maximum absolute atomic E-state index is 11.9. The van der Waals surface area contributed by atoms with Crippen molar-refractivity contribution in [2.45, 2.75) is 94.9 Å². The highest BCUT2D eigenvalue weighted by atomic mass is 16.5. The van der Waals surface area contributed by atoms with Crippen LogP contribution in [0, 0.1) is 11.8 Å². The number of carboxylic acids is 1. The third-order valence-corrected chi connectivity index (χ3v) is 8.31. The summed E-state index contributed by atoms with van der Waals surface area (Å²) >= 11 is 0. The molecule has 0 radical (unpaired) electrons. The van der Waals surface area contributed by atoms with Crippen molar-refractivity contribution in [3.05, 3.63) is 0 Å². The van der Waals surface area contributed by atoms with Gasteiger partial charge in [0, 0.05) is 31.8 Å². The summed E-state index contributed by atoms with van der Waals surface area (Å²) in [6.45, 7) is 3.41. The Kier molecular flexibility index (Phi) is 8.24. The van der Waals surface area contributed by atoms with Crippen LogP contribution < -0.4 is 11.5 Å². The molecule has 2 saturated carbocycles. The van der Waals surface area contributed by atoms with E-state index < -0.39 is 24.3 Å². The molecule has 0 aromatic carbocycles. The molecule has 2 bridgehead atoms. The van der Waals surface area contributed by atoms with Gasteiger partial charge in [-0.05, 0) is 69.7 Å².